The number of nitrogens with zero attached hydrogens (tertiary/aromatic N) is 4. The molecule has 2 heterocycles. The zero-order valence-electron chi connectivity index (χ0n) is 32.4. The average Bonchev–Trinajstić information content (AvgIpc) is 3.80. The van der Waals surface area contributed by atoms with Crippen LogP contribution in [0.2, 0.25) is 0 Å². The molecule has 1 unspecified atom stereocenters. The van der Waals surface area contributed by atoms with Crippen LogP contribution in [0.15, 0.2) is 169 Å². The van der Waals surface area contributed by atoms with Gasteiger partial charge in [-0.25, -0.2) is 0 Å². The van der Waals surface area contributed by atoms with Crippen LogP contribution in [0.1, 0.15) is 34.6 Å². The van der Waals surface area contributed by atoms with Crippen molar-refractivity contribution in [3.63, 3.8) is 0 Å². The van der Waals surface area contributed by atoms with Crippen LogP contribution in [-0.2, 0) is 12.4 Å². The largest absolute Gasteiger partial charge is 0.417 e. The highest BCUT2D eigenvalue weighted by molar-refractivity contribution is 6.12. The topological polar surface area (TPSA) is 57.4 Å². The molecular formula is C52H30F6N4. The van der Waals surface area contributed by atoms with Gasteiger partial charge in [0.1, 0.15) is 12.1 Å². The lowest BCUT2D eigenvalue weighted by molar-refractivity contribution is -0.137. The zero-order valence-corrected chi connectivity index (χ0v) is 32.4. The van der Waals surface area contributed by atoms with E-state index in [1.54, 1.807) is 48.5 Å². The van der Waals surface area contributed by atoms with Crippen molar-refractivity contribution in [1.82, 2.24) is 9.13 Å². The smallest absolute Gasteiger partial charge is 0.312 e. The molecule has 0 saturated heterocycles. The van der Waals surface area contributed by atoms with Gasteiger partial charge in [0, 0.05) is 33.2 Å². The van der Waals surface area contributed by atoms with E-state index in [0.29, 0.717) is 51.1 Å². The molecule has 0 amide bonds. The number of nitriles is 2. The van der Waals surface area contributed by atoms with E-state index in [1.165, 1.54) is 24.3 Å². The van der Waals surface area contributed by atoms with Gasteiger partial charge < -0.3 is 9.13 Å². The van der Waals surface area contributed by atoms with Crippen molar-refractivity contribution in [1.29, 1.82) is 10.5 Å². The van der Waals surface area contributed by atoms with Gasteiger partial charge in [0.05, 0.1) is 50.0 Å². The third-order valence-electron chi connectivity index (χ3n) is 11.9. The number of alkyl halides is 6. The van der Waals surface area contributed by atoms with Gasteiger partial charge in [-0.1, -0.05) is 109 Å². The van der Waals surface area contributed by atoms with Crippen LogP contribution in [0.5, 0.6) is 0 Å². The molecule has 62 heavy (non-hydrogen) atoms. The van der Waals surface area contributed by atoms with E-state index < -0.39 is 23.5 Å². The van der Waals surface area contributed by atoms with Gasteiger partial charge in [-0.3, -0.25) is 0 Å². The molecule has 1 atom stereocenters. The van der Waals surface area contributed by atoms with E-state index in [-0.39, 0.29) is 17.0 Å². The average molecular weight is 825 g/mol. The molecule has 0 fully saturated rings. The monoisotopic (exact) mass is 824 g/mol. The maximum Gasteiger partial charge on any atom is 0.417 e. The molecule has 2 aromatic heterocycles. The summed E-state index contributed by atoms with van der Waals surface area (Å²) in [4.78, 5) is 0. The lowest BCUT2D eigenvalue weighted by atomic mass is 9.87. The Morgan fingerprint density at radius 1 is 0.500 bits per heavy atom. The highest BCUT2D eigenvalue weighted by Gasteiger charge is 2.35. The second-order valence-electron chi connectivity index (χ2n) is 15.3. The van der Waals surface area contributed by atoms with Crippen molar-refractivity contribution < 1.29 is 26.3 Å². The fourth-order valence-corrected chi connectivity index (χ4v) is 9.09. The summed E-state index contributed by atoms with van der Waals surface area (Å²) in [5.74, 6) is -0.318. The minimum absolute atomic E-state index is 0.0367. The first kappa shape index (κ1) is 38.4. The van der Waals surface area contributed by atoms with Crippen LogP contribution < -0.4 is 0 Å². The number of para-hydroxylation sites is 2. The number of hydrogen-bond acceptors (Lipinski definition) is 2. The summed E-state index contributed by atoms with van der Waals surface area (Å²) >= 11 is 0. The standard InChI is InChI=1S/C52H30F6N4/c53-51(54,55)43-13-5-1-9-37(43)33-21-23-41-39-11-3-7-15-45(39)61(49(41)27-33)47-25-31(17-19-35(47)29-59)32-18-20-36(30-60)48(26-32)62-46-16-8-4-12-40(46)42-24-22-34(28-50(42)62)38-10-2-6-14-44(38)52(56,57)58/h1-25,27-28,32H,26H2. The molecule has 9 aromatic rings. The van der Waals surface area contributed by atoms with Gasteiger partial charge in [0.15, 0.2) is 0 Å². The van der Waals surface area contributed by atoms with Crippen molar-refractivity contribution in [2.24, 2.45) is 0 Å². The lowest BCUT2D eigenvalue weighted by Gasteiger charge is -2.24. The minimum Gasteiger partial charge on any atom is -0.312 e. The van der Waals surface area contributed by atoms with E-state index >= 15 is 0 Å². The maximum atomic E-state index is 14.2. The number of fused-ring (bicyclic) bond motifs is 6. The summed E-state index contributed by atoms with van der Waals surface area (Å²) in [6, 6.07) is 46.9. The second-order valence-corrected chi connectivity index (χ2v) is 15.3. The van der Waals surface area contributed by atoms with Crippen molar-refractivity contribution in [3.8, 4) is 40.1 Å². The van der Waals surface area contributed by atoms with E-state index in [4.69, 9.17) is 0 Å². The molecule has 1 aliphatic rings. The van der Waals surface area contributed by atoms with Gasteiger partial charge in [-0.15, -0.1) is 0 Å². The lowest BCUT2D eigenvalue weighted by Crippen LogP contribution is -2.10. The van der Waals surface area contributed by atoms with Crippen LogP contribution in [-0.4, -0.2) is 9.13 Å². The molecule has 0 saturated carbocycles. The third kappa shape index (κ3) is 6.22. The molecule has 1 aliphatic carbocycles. The quantitative estimate of drug-likeness (QED) is 0.162. The summed E-state index contributed by atoms with van der Waals surface area (Å²) in [6.45, 7) is 0. The SMILES string of the molecule is N#CC1=C(n2c3ccccc3c3ccc(-c4ccccc4C(F)(F)F)cc32)CC(c2ccc(C#N)c(-n3c4ccccc4c4ccc(-c5ccccc5C(F)(F)F)cc43)c2)C=C1. The normalized spacial score (nSPS) is 14.5. The molecule has 4 nitrogen and oxygen atoms in total. The summed E-state index contributed by atoms with van der Waals surface area (Å²) in [7, 11) is 0. The highest BCUT2D eigenvalue weighted by Crippen LogP contribution is 2.45. The summed E-state index contributed by atoms with van der Waals surface area (Å²) in [5, 5.41) is 24.4. The number of halogens is 6. The first-order valence-corrected chi connectivity index (χ1v) is 19.7. The zero-order chi connectivity index (χ0) is 42.9. The third-order valence-corrected chi connectivity index (χ3v) is 11.9. The summed E-state index contributed by atoms with van der Waals surface area (Å²) in [6.07, 6.45) is -5.13. The van der Waals surface area contributed by atoms with E-state index in [0.717, 1.165) is 50.3 Å². The number of hydrogen-bond donors (Lipinski definition) is 0. The Labute approximate surface area is 350 Å². The molecular weight excluding hydrogens is 795 g/mol. The summed E-state index contributed by atoms with van der Waals surface area (Å²) < 4.78 is 89.3. The van der Waals surface area contributed by atoms with Crippen LogP contribution in [0, 0.1) is 22.7 Å². The van der Waals surface area contributed by atoms with Crippen molar-refractivity contribution >= 4 is 49.3 Å². The first-order valence-electron chi connectivity index (χ1n) is 19.7. The van der Waals surface area contributed by atoms with Gasteiger partial charge in [-0.2, -0.15) is 36.9 Å². The number of aromatic nitrogens is 2. The van der Waals surface area contributed by atoms with E-state index in [9.17, 15) is 36.9 Å². The predicted octanol–water partition coefficient (Wildman–Crippen LogP) is 14.6. The fraction of sp³-hybridized carbons (Fsp3) is 0.0769. The van der Waals surface area contributed by atoms with Crippen molar-refractivity contribution in [2.75, 3.05) is 0 Å². The van der Waals surface area contributed by atoms with Gasteiger partial charge in [-0.05, 0) is 88.8 Å². The Balaban J connectivity index is 1.13. The van der Waals surface area contributed by atoms with Gasteiger partial charge in [0.25, 0.3) is 0 Å². The molecule has 0 spiro atoms. The Kier molecular flexibility index (Phi) is 8.93. The Bertz CT molecular complexity index is 3460. The number of rotatable bonds is 5. The molecule has 0 aliphatic heterocycles. The van der Waals surface area contributed by atoms with Gasteiger partial charge in [0.2, 0.25) is 0 Å². The van der Waals surface area contributed by atoms with Gasteiger partial charge >= 0.3 is 12.4 Å². The minimum atomic E-state index is -4.58. The molecule has 10 rings (SSSR count). The Hall–Kier alpha value is -7.82. The Morgan fingerprint density at radius 3 is 1.55 bits per heavy atom. The molecule has 10 heteroatoms. The molecule has 7 aromatic carbocycles. The second kappa shape index (κ2) is 14.4. The fourth-order valence-electron chi connectivity index (χ4n) is 9.09. The van der Waals surface area contributed by atoms with Crippen LogP contribution in [0.25, 0.3) is 77.2 Å². The predicted molar refractivity (Wildman–Crippen MR) is 231 cm³/mol. The Morgan fingerprint density at radius 2 is 1.00 bits per heavy atom. The van der Waals surface area contributed by atoms with Crippen molar-refractivity contribution in [3.05, 3.63) is 192 Å². The number of benzene rings is 7. The molecule has 300 valence electrons. The number of allylic oxidation sites excluding steroid dienone is 4. The molecule has 0 bridgehead atoms. The van der Waals surface area contributed by atoms with E-state index in [2.05, 4.69) is 12.1 Å². The van der Waals surface area contributed by atoms with E-state index in [1.807, 2.05) is 88.0 Å². The van der Waals surface area contributed by atoms with Crippen LogP contribution >= 0.6 is 0 Å². The van der Waals surface area contributed by atoms with Crippen LogP contribution in [0.3, 0.4) is 0 Å². The van der Waals surface area contributed by atoms with Crippen LogP contribution in [0.4, 0.5) is 26.3 Å². The maximum absolute atomic E-state index is 14.2. The molecule has 0 radical (unpaired) electrons. The first-order chi connectivity index (χ1) is 29.9. The molecule has 0 N–H and O–H groups in total. The van der Waals surface area contributed by atoms with Crippen molar-refractivity contribution in [2.45, 2.75) is 24.7 Å². The summed E-state index contributed by atoms with van der Waals surface area (Å²) in [5.41, 5.74) is 4.89. The highest BCUT2D eigenvalue weighted by atomic mass is 19.4.